The van der Waals surface area contributed by atoms with E-state index >= 15 is 0 Å². The maximum Gasteiger partial charge on any atom is 0.268 e. The largest absolute Gasteiger partial charge is 0.391 e. The van der Waals surface area contributed by atoms with Crippen LogP contribution in [0.25, 0.3) is 0 Å². The Bertz CT molecular complexity index is 447. The van der Waals surface area contributed by atoms with E-state index in [2.05, 4.69) is 10.3 Å². The number of nitriles is 1. The third-order valence-corrected chi connectivity index (χ3v) is 3.10. The van der Waals surface area contributed by atoms with Crippen LogP contribution in [-0.4, -0.2) is 28.1 Å². The quantitative estimate of drug-likeness (QED) is 0.709. The lowest BCUT2D eigenvalue weighted by Gasteiger charge is -2.28. The van der Waals surface area contributed by atoms with Gasteiger partial charge in [0.05, 0.1) is 12.1 Å². The molecule has 3 N–H and O–H groups in total. The van der Waals surface area contributed by atoms with E-state index in [-0.39, 0.29) is 11.9 Å². The van der Waals surface area contributed by atoms with Crippen molar-refractivity contribution < 1.29 is 9.90 Å². The Kier molecular flexibility index (Phi) is 3.45. The van der Waals surface area contributed by atoms with Crippen LogP contribution in [0, 0.1) is 11.3 Å². The maximum atomic E-state index is 11.8. The van der Waals surface area contributed by atoms with Crippen molar-refractivity contribution >= 4 is 5.91 Å². The molecule has 5 heteroatoms. The average Bonchev–Trinajstić information content (AvgIpc) is 2.81. The third kappa shape index (κ3) is 2.66. The van der Waals surface area contributed by atoms with Crippen LogP contribution in [0.3, 0.4) is 0 Å². The molecule has 1 aromatic rings. The number of carbonyl (C=O) groups excluding carboxylic acids is 1. The van der Waals surface area contributed by atoms with Crippen LogP contribution in [0.15, 0.2) is 12.1 Å². The van der Waals surface area contributed by atoms with Crippen molar-refractivity contribution in [3.05, 3.63) is 23.5 Å². The van der Waals surface area contributed by atoms with E-state index in [1.807, 2.05) is 6.07 Å². The first-order chi connectivity index (χ1) is 8.20. The fraction of sp³-hybridized carbons (Fsp3) is 0.500. The summed E-state index contributed by atoms with van der Waals surface area (Å²) in [4.78, 5) is 14.5. The molecule has 2 rings (SSSR count). The summed E-state index contributed by atoms with van der Waals surface area (Å²) in [6, 6.07) is 4.89. The molecular formula is C12H15N3O2. The SMILES string of the molecule is N#Cc1ccc(C(=O)NC2CCCCC2O)[nH]1. The summed E-state index contributed by atoms with van der Waals surface area (Å²) in [5.41, 5.74) is 0.721. The van der Waals surface area contributed by atoms with Gasteiger partial charge in [-0.25, -0.2) is 0 Å². The molecule has 90 valence electrons. The molecule has 0 bridgehead atoms. The number of H-pyrrole nitrogens is 1. The lowest BCUT2D eigenvalue weighted by atomic mass is 9.92. The van der Waals surface area contributed by atoms with Crippen molar-refractivity contribution in [2.75, 3.05) is 0 Å². The van der Waals surface area contributed by atoms with Crippen molar-refractivity contribution in [2.24, 2.45) is 0 Å². The summed E-state index contributed by atoms with van der Waals surface area (Å²) in [6.07, 6.45) is 3.11. The summed E-state index contributed by atoms with van der Waals surface area (Å²) >= 11 is 0. The number of aliphatic hydroxyl groups is 1. The smallest absolute Gasteiger partial charge is 0.268 e. The molecule has 2 unspecified atom stereocenters. The Morgan fingerprint density at radius 1 is 1.47 bits per heavy atom. The number of rotatable bonds is 2. The van der Waals surface area contributed by atoms with Crippen molar-refractivity contribution in [3.8, 4) is 6.07 Å². The number of carbonyl (C=O) groups is 1. The second-order valence-electron chi connectivity index (χ2n) is 4.33. The van der Waals surface area contributed by atoms with Crippen molar-refractivity contribution in [1.29, 1.82) is 5.26 Å². The minimum atomic E-state index is -0.460. The fourth-order valence-electron chi connectivity index (χ4n) is 2.12. The summed E-state index contributed by atoms with van der Waals surface area (Å²) < 4.78 is 0. The van der Waals surface area contributed by atoms with Crippen LogP contribution in [-0.2, 0) is 0 Å². The Morgan fingerprint density at radius 3 is 2.88 bits per heavy atom. The van der Waals surface area contributed by atoms with Gasteiger partial charge < -0.3 is 15.4 Å². The number of aromatic amines is 1. The van der Waals surface area contributed by atoms with Crippen LogP contribution >= 0.6 is 0 Å². The average molecular weight is 233 g/mol. The Balaban J connectivity index is 1.99. The van der Waals surface area contributed by atoms with Gasteiger partial charge in [-0.1, -0.05) is 12.8 Å². The van der Waals surface area contributed by atoms with Crippen LogP contribution in [0.1, 0.15) is 41.9 Å². The highest BCUT2D eigenvalue weighted by atomic mass is 16.3. The van der Waals surface area contributed by atoms with Gasteiger partial charge in [0.25, 0.3) is 5.91 Å². The zero-order valence-electron chi connectivity index (χ0n) is 9.44. The second kappa shape index (κ2) is 5.02. The number of aliphatic hydroxyl groups excluding tert-OH is 1. The number of nitrogens with one attached hydrogen (secondary N) is 2. The molecule has 0 spiro atoms. The van der Waals surface area contributed by atoms with E-state index in [9.17, 15) is 9.90 Å². The lowest BCUT2D eigenvalue weighted by Crippen LogP contribution is -2.45. The van der Waals surface area contributed by atoms with Crippen LogP contribution in [0.4, 0.5) is 0 Å². The van der Waals surface area contributed by atoms with Gasteiger partial charge in [0.2, 0.25) is 0 Å². The fourth-order valence-corrected chi connectivity index (χ4v) is 2.12. The first-order valence-electron chi connectivity index (χ1n) is 5.79. The topological polar surface area (TPSA) is 88.9 Å². The predicted molar refractivity (Wildman–Crippen MR) is 61.2 cm³/mol. The van der Waals surface area contributed by atoms with Gasteiger partial charge in [0.1, 0.15) is 17.5 Å². The highest BCUT2D eigenvalue weighted by molar-refractivity contribution is 5.92. The molecule has 1 amide bonds. The van der Waals surface area contributed by atoms with Gasteiger partial charge in [-0.2, -0.15) is 5.26 Å². The monoisotopic (exact) mass is 233 g/mol. The predicted octanol–water partition coefficient (Wildman–Crippen LogP) is 0.920. The molecule has 0 aromatic carbocycles. The van der Waals surface area contributed by atoms with Crippen LogP contribution in [0.5, 0.6) is 0 Å². The highest BCUT2D eigenvalue weighted by Gasteiger charge is 2.25. The molecule has 1 saturated carbocycles. The Hall–Kier alpha value is -1.80. The van der Waals surface area contributed by atoms with Crippen LogP contribution in [0.2, 0.25) is 0 Å². The Labute approximate surface area is 99.5 Å². The standard InChI is InChI=1S/C12H15N3O2/c13-7-8-5-6-10(14-8)12(17)15-9-3-1-2-4-11(9)16/h5-6,9,11,14,16H,1-4H2,(H,15,17). The molecule has 2 atom stereocenters. The molecule has 0 aliphatic heterocycles. The van der Waals surface area contributed by atoms with Gasteiger partial charge in [-0.15, -0.1) is 0 Å². The van der Waals surface area contributed by atoms with Crippen molar-refractivity contribution in [1.82, 2.24) is 10.3 Å². The zero-order valence-corrected chi connectivity index (χ0v) is 9.44. The highest BCUT2D eigenvalue weighted by Crippen LogP contribution is 2.18. The molecule has 1 aromatic heterocycles. The number of aromatic nitrogens is 1. The molecule has 5 nitrogen and oxygen atoms in total. The zero-order chi connectivity index (χ0) is 12.3. The van der Waals surface area contributed by atoms with Gasteiger partial charge in [-0.05, 0) is 25.0 Å². The molecule has 17 heavy (non-hydrogen) atoms. The first-order valence-corrected chi connectivity index (χ1v) is 5.79. The van der Waals surface area contributed by atoms with E-state index in [0.29, 0.717) is 11.4 Å². The van der Waals surface area contributed by atoms with E-state index in [0.717, 1.165) is 25.7 Å². The number of nitrogens with zero attached hydrogens (tertiary/aromatic N) is 1. The van der Waals surface area contributed by atoms with E-state index < -0.39 is 6.10 Å². The van der Waals surface area contributed by atoms with Crippen molar-refractivity contribution in [3.63, 3.8) is 0 Å². The second-order valence-corrected chi connectivity index (χ2v) is 4.33. The molecule has 1 fully saturated rings. The molecule has 0 saturated heterocycles. The maximum absolute atomic E-state index is 11.8. The number of hydrogen-bond donors (Lipinski definition) is 3. The first kappa shape index (κ1) is 11.7. The number of hydrogen-bond acceptors (Lipinski definition) is 3. The van der Waals surface area contributed by atoms with E-state index in [4.69, 9.17) is 5.26 Å². The molecular weight excluding hydrogens is 218 g/mol. The van der Waals surface area contributed by atoms with Crippen LogP contribution < -0.4 is 5.32 Å². The summed E-state index contributed by atoms with van der Waals surface area (Å²) in [5.74, 6) is -0.266. The molecule has 0 radical (unpaired) electrons. The summed E-state index contributed by atoms with van der Waals surface area (Å²) in [6.45, 7) is 0. The molecule has 1 aliphatic rings. The van der Waals surface area contributed by atoms with E-state index in [1.54, 1.807) is 12.1 Å². The minimum Gasteiger partial charge on any atom is -0.391 e. The summed E-state index contributed by atoms with van der Waals surface area (Å²) in [7, 11) is 0. The lowest BCUT2D eigenvalue weighted by molar-refractivity contribution is 0.0714. The number of amides is 1. The normalized spacial score (nSPS) is 24.0. The van der Waals surface area contributed by atoms with E-state index in [1.165, 1.54) is 0 Å². The molecule has 1 aliphatic carbocycles. The van der Waals surface area contributed by atoms with Crippen molar-refractivity contribution in [2.45, 2.75) is 37.8 Å². The van der Waals surface area contributed by atoms with Gasteiger partial charge in [0.15, 0.2) is 0 Å². The molecule has 1 heterocycles. The minimum absolute atomic E-state index is 0.176. The Morgan fingerprint density at radius 2 is 2.24 bits per heavy atom. The van der Waals surface area contributed by atoms with Gasteiger partial charge in [-0.3, -0.25) is 4.79 Å². The summed E-state index contributed by atoms with van der Waals surface area (Å²) in [5, 5.41) is 21.2. The third-order valence-electron chi connectivity index (χ3n) is 3.10. The van der Waals surface area contributed by atoms with Gasteiger partial charge >= 0.3 is 0 Å². The van der Waals surface area contributed by atoms with Gasteiger partial charge in [0, 0.05) is 0 Å².